The molecule has 0 aromatic heterocycles. The van der Waals surface area contributed by atoms with Crippen LogP contribution in [0.3, 0.4) is 0 Å². The number of urea groups is 1. The Morgan fingerprint density at radius 2 is 1.95 bits per heavy atom. The average molecular weight is 299 g/mol. The summed E-state index contributed by atoms with van der Waals surface area (Å²) in [6.07, 6.45) is 0. The first-order valence-electron chi connectivity index (χ1n) is 6.55. The number of rotatable bonds is 4. The molecule has 0 fully saturated rings. The Morgan fingerprint density at radius 3 is 2.55 bits per heavy atom. The fraction of sp³-hybridized carbons (Fsp3) is 0.125. The largest absolute Gasteiger partial charge is 0.392 e. The normalized spacial score (nSPS) is 9.86. The van der Waals surface area contributed by atoms with Crippen LogP contribution < -0.4 is 10.6 Å². The minimum Gasteiger partial charge on any atom is -0.392 e. The van der Waals surface area contributed by atoms with Gasteiger partial charge in [0.15, 0.2) is 0 Å². The van der Waals surface area contributed by atoms with Gasteiger partial charge in [-0.1, -0.05) is 12.1 Å². The molecule has 3 N–H and O–H groups in total. The summed E-state index contributed by atoms with van der Waals surface area (Å²) in [5.74, 6) is -0.505. The molecular weight excluding hydrogens is 285 g/mol. The number of hydrogen-bond acceptors (Lipinski definition) is 3. The maximum absolute atomic E-state index is 13.5. The number of nitrogens with one attached hydrogen (secondary N) is 2. The van der Waals surface area contributed by atoms with Gasteiger partial charge in [0, 0.05) is 17.8 Å². The molecule has 6 heteroatoms. The van der Waals surface area contributed by atoms with Crippen molar-refractivity contribution < 1.29 is 14.3 Å². The number of nitrogens with zero attached hydrogens (tertiary/aromatic N) is 1. The van der Waals surface area contributed by atoms with Gasteiger partial charge in [0.2, 0.25) is 0 Å². The van der Waals surface area contributed by atoms with Crippen LogP contribution in [0.2, 0.25) is 0 Å². The van der Waals surface area contributed by atoms with E-state index < -0.39 is 11.8 Å². The van der Waals surface area contributed by atoms with Gasteiger partial charge in [0.1, 0.15) is 5.82 Å². The smallest absolute Gasteiger partial charge is 0.319 e. The molecule has 2 aromatic carbocycles. The van der Waals surface area contributed by atoms with Crippen LogP contribution in [0.15, 0.2) is 42.5 Å². The second-order valence-corrected chi connectivity index (χ2v) is 4.58. The van der Waals surface area contributed by atoms with E-state index in [9.17, 15) is 9.18 Å². The third-order valence-electron chi connectivity index (χ3n) is 3.01. The van der Waals surface area contributed by atoms with Crippen molar-refractivity contribution in [3.05, 3.63) is 65.0 Å². The molecule has 0 spiro atoms. The Labute approximate surface area is 127 Å². The molecule has 2 amide bonds. The van der Waals surface area contributed by atoms with Gasteiger partial charge in [-0.2, -0.15) is 5.26 Å². The van der Waals surface area contributed by atoms with E-state index in [0.717, 1.165) is 0 Å². The van der Waals surface area contributed by atoms with Crippen molar-refractivity contribution in [1.29, 1.82) is 5.26 Å². The standard InChI is InChI=1S/C16H14FN3O2/c17-15-7-12(1-4-13(15)10-21)9-19-16(22)20-14-5-2-11(8-18)3-6-14/h1-7,21H,9-10H2,(H2,19,20,22). The molecule has 22 heavy (non-hydrogen) atoms. The number of carbonyl (C=O) groups is 1. The van der Waals surface area contributed by atoms with Crippen molar-refractivity contribution in [1.82, 2.24) is 5.32 Å². The Balaban J connectivity index is 1.89. The molecule has 0 heterocycles. The van der Waals surface area contributed by atoms with Gasteiger partial charge in [0.25, 0.3) is 0 Å². The molecule has 0 aliphatic heterocycles. The monoisotopic (exact) mass is 299 g/mol. The number of aliphatic hydroxyl groups is 1. The summed E-state index contributed by atoms with van der Waals surface area (Å²) in [6, 6.07) is 12.4. The number of nitriles is 1. The zero-order valence-corrected chi connectivity index (χ0v) is 11.6. The van der Waals surface area contributed by atoms with E-state index in [1.807, 2.05) is 6.07 Å². The number of aliphatic hydroxyl groups excluding tert-OH is 1. The maximum atomic E-state index is 13.5. The van der Waals surface area contributed by atoms with Gasteiger partial charge in [-0.15, -0.1) is 0 Å². The summed E-state index contributed by atoms with van der Waals surface area (Å²) in [5.41, 5.74) is 1.86. The molecule has 0 aliphatic rings. The molecule has 2 aromatic rings. The van der Waals surface area contributed by atoms with Crippen molar-refractivity contribution in [3.63, 3.8) is 0 Å². The zero-order chi connectivity index (χ0) is 15.9. The lowest BCUT2D eigenvalue weighted by atomic mass is 10.1. The van der Waals surface area contributed by atoms with E-state index >= 15 is 0 Å². The number of benzene rings is 2. The van der Waals surface area contributed by atoms with E-state index in [4.69, 9.17) is 10.4 Å². The second kappa shape index (κ2) is 7.20. The first-order chi connectivity index (χ1) is 10.6. The molecule has 0 bridgehead atoms. The van der Waals surface area contributed by atoms with Crippen LogP contribution in [-0.4, -0.2) is 11.1 Å². The van der Waals surface area contributed by atoms with E-state index in [1.54, 1.807) is 30.3 Å². The van der Waals surface area contributed by atoms with Crippen molar-refractivity contribution >= 4 is 11.7 Å². The Kier molecular flexibility index (Phi) is 5.07. The van der Waals surface area contributed by atoms with Crippen LogP contribution in [0.25, 0.3) is 0 Å². The predicted molar refractivity (Wildman–Crippen MR) is 79.3 cm³/mol. The van der Waals surface area contributed by atoms with Crippen molar-refractivity contribution in [3.8, 4) is 6.07 Å². The Morgan fingerprint density at radius 1 is 1.23 bits per heavy atom. The van der Waals surface area contributed by atoms with Gasteiger partial charge in [0.05, 0.1) is 18.2 Å². The molecular formula is C16H14FN3O2. The highest BCUT2D eigenvalue weighted by Gasteiger charge is 2.05. The molecule has 112 valence electrons. The molecule has 0 saturated heterocycles. The van der Waals surface area contributed by atoms with Crippen LogP contribution in [0.5, 0.6) is 0 Å². The van der Waals surface area contributed by atoms with Gasteiger partial charge in [-0.25, -0.2) is 9.18 Å². The topological polar surface area (TPSA) is 85.2 Å². The summed E-state index contributed by atoms with van der Waals surface area (Å²) < 4.78 is 13.5. The highest BCUT2D eigenvalue weighted by molar-refractivity contribution is 5.89. The summed E-state index contributed by atoms with van der Waals surface area (Å²) in [4.78, 5) is 11.7. The van der Waals surface area contributed by atoms with Crippen LogP contribution in [0.4, 0.5) is 14.9 Å². The molecule has 2 rings (SSSR count). The number of anilines is 1. The summed E-state index contributed by atoms with van der Waals surface area (Å²) >= 11 is 0. The molecule has 0 saturated carbocycles. The fourth-order valence-electron chi connectivity index (χ4n) is 1.81. The van der Waals surface area contributed by atoms with Crippen molar-refractivity contribution in [2.75, 3.05) is 5.32 Å². The zero-order valence-electron chi connectivity index (χ0n) is 11.6. The van der Waals surface area contributed by atoms with Crippen LogP contribution in [0.1, 0.15) is 16.7 Å². The van der Waals surface area contributed by atoms with Gasteiger partial charge < -0.3 is 15.7 Å². The van der Waals surface area contributed by atoms with E-state index in [0.29, 0.717) is 16.8 Å². The first kappa shape index (κ1) is 15.5. The molecule has 0 atom stereocenters. The van der Waals surface area contributed by atoms with Crippen LogP contribution in [0, 0.1) is 17.1 Å². The number of hydrogen-bond donors (Lipinski definition) is 3. The Bertz CT molecular complexity index is 708. The molecule has 5 nitrogen and oxygen atoms in total. The average Bonchev–Trinajstić information content (AvgIpc) is 2.54. The minimum atomic E-state index is -0.505. The van der Waals surface area contributed by atoms with E-state index in [2.05, 4.69) is 10.6 Å². The molecule has 0 aliphatic carbocycles. The maximum Gasteiger partial charge on any atom is 0.319 e. The third kappa shape index (κ3) is 4.04. The second-order valence-electron chi connectivity index (χ2n) is 4.58. The van der Waals surface area contributed by atoms with Gasteiger partial charge in [-0.3, -0.25) is 0 Å². The van der Waals surface area contributed by atoms with Gasteiger partial charge in [-0.05, 0) is 35.9 Å². The summed E-state index contributed by atoms with van der Waals surface area (Å²) in [7, 11) is 0. The lowest BCUT2D eigenvalue weighted by Crippen LogP contribution is -2.28. The van der Waals surface area contributed by atoms with Crippen LogP contribution in [-0.2, 0) is 13.2 Å². The quantitative estimate of drug-likeness (QED) is 0.811. The number of halogens is 1. The van der Waals surface area contributed by atoms with E-state index in [1.165, 1.54) is 12.1 Å². The molecule has 0 unspecified atom stereocenters. The third-order valence-corrected chi connectivity index (χ3v) is 3.01. The summed E-state index contributed by atoms with van der Waals surface area (Å²) in [6.45, 7) is -0.205. The molecule has 0 radical (unpaired) electrons. The SMILES string of the molecule is N#Cc1ccc(NC(=O)NCc2ccc(CO)c(F)c2)cc1. The number of carbonyl (C=O) groups excluding carboxylic acids is 1. The van der Waals surface area contributed by atoms with Crippen molar-refractivity contribution in [2.24, 2.45) is 0 Å². The van der Waals surface area contributed by atoms with E-state index in [-0.39, 0.29) is 18.7 Å². The fourth-order valence-corrected chi connectivity index (χ4v) is 1.81. The minimum absolute atomic E-state index is 0.157. The lowest BCUT2D eigenvalue weighted by Gasteiger charge is -2.08. The van der Waals surface area contributed by atoms with Gasteiger partial charge >= 0.3 is 6.03 Å². The Hall–Kier alpha value is -2.91. The highest BCUT2D eigenvalue weighted by Crippen LogP contribution is 2.11. The van der Waals surface area contributed by atoms with Crippen LogP contribution >= 0.6 is 0 Å². The number of amides is 2. The van der Waals surface area contributed by atoms with Crippen molar-refractivity contribution in [2.45, 2.75) is 13.2 Å². The first-order valence-corrected chi connectivity index (χ1v) is 6.55. The lowest BCUT2D eigenvalue weighted by molar-refractivity contribution is 0.251. The summed E-state index contributed by atoms with van der Waals surface area (Å²) in [5, 5.41) is 22.8. The predicted octanol–water partition coefficient (Wildman–Crippen LogP) is 2.51. The highest BCUT2D eigenvalue weighted by atomic mass is 19.1.